The molecule has 4 nitrogen and oxygen atoms in total. The summed E-state index contributed by atoms with van der Waals surface area (Å²) >= 11 is 0. The summed E-state index contributed by atoms with van der Waals surface area (Å²) in [4.78, 5) is 0. The molecule has 3 rings (SSSR count). The Morgan fingerprint density at radius 3 is 1.93 bits per heavy atom. The molecule has 1 heterocycles. The molecule has 1 aliphatic heterocycles. The third kappa shape index (κ3) is 4.24. The van der Waals surface area contributed by atoms with E-state index in [1.807, 2.05) is 26.0 Å². The maximum atomic E-state index is 10.8. The highest BCUT2D eigenvalue weighted by atomic mass is 28.4. The Balaban J connectivity index is 1.95. The van der Waals surface area contributed by atoms with Crippen molar-refractivity contribution in [2.75, 3.05) is 13.2 Å². The van der Waals surface area contributed by atoms with E-state index in [2.05, 4.69) is 69.3 Å². The fraction of sp³-hybridized carbons (Fsp3) is 0.478. The summed E-state index contributed by atoms with van der Waals surface area (Å²) in [7, 11) is -2.66. The second kappa shape index (κ2) is 8.09. The van der Waals surface area contributed by atoms with E-state index < -0.39 is 20.2 Å². The van der Waals surface area contributed by atoms with Crippen LogP contribution in [-0.2, 0) is 13.9 Å². The monoisotopic (exact) mass is 400 g/mol. The second-order valence-corrected chi connectivity index (χ2v) is 13.2. The van der Waals surface area contributed by atoms with Gasteiger partial charge in [0.2, 0.25) is 0 Å². The molecule has 2 atom stereocenters. The average Bonchev–Trinajstić information content (AvgIpc) is 3.03. The number of aliphatic hydroxyl groups is 1. The lowest BCUT2D eigenvalue weighted by molar-refractivity contribution is -0.153. The third-order valence-electron chi connectivity index (χ3n) is 5.35. The minimum Gasteiger partial charge on any atom is -0.405 e. The van der Waals surface area contributed by atoms with E-state index in [-0.39, 0.29) is 17.7 Å². The number of benzene rings is 2. The maximum Gasteiger partial charge on any atom is 0.261 e. The van der Waals surface area contributed by atoms with Crippen LogP contribution in [0.25, 0.3) is 0 Å². The first-order chi connectivity index (χ1) is 13.2. The van der Waals surface area contributed by atoms with Crippen LogP contribution in [0.2, 0.25) is 5.04 Å². The van der Waals surface area contributed by atoms with Crippen LogP contribution in [0.5, 0.6) is 0 Å². The maximum absolute atomic E-state index is 10.8. The van der Waals surface area contributed by atoms with E-state index in [9.17, 15) is 5.11 Å². The van der Waals surface area contributed by atoms with Crippen LogP contribution in [0, 0.1) is 0 Å². The van der Waals surface area contributed by atoms with E-state index in [0.717, 1.165) is 0 Å². The number of hydrogen-bond acceptors (Lipinski definition) is 4. The summed E-state index contributed by atoms with van der Waals surface area (Å²) in [6.07, 6.45) is -1.13. The Hall–Kier alpha value is -1.50. The first-order valence-electron chi connectivity index (χ1n) is 9.90. The number of ether oxygens (including phenoxy) is 2. The van der Waals surface area contributed by atoms with Crippen LogP contribution < -0.4 is 10.4 Å². The van der Waals surface area contributed by atoms with Gasteiger partial charge in [0.15, 0.2) is 5.79 Å². The Morgan fingerprint density at radius 2 is 1.54 bits per heavy atom. The van der Waals surface area contributed by atoms with Gasteiger partial charge >= 0.3 is 0 Å². The van der Waals surface area contributed by atoms with E-state index in [1.54, 1.807) is 0 Å². The van der Waals surface area contributed by atoms with Crippen LogP contribution >= 0.6 is 0 Å². The number of hydrogen-bond donors (Lipinski definition) is 1. The molecule has 2 aromatic carbocycles. The molecular weight excluding hydrogens is 368 g/mol. The van der Waals surface area contributed by atoms with Crippen molar-refractivity contribution in [3.63, 3.8) is 0 Å². The van der Waals surface area contributed by atoms with E-state index in [1.165, 1.54) is 10.4 Å². The van der Waals surface area contributed by atoms with Crippen molar-refractivity contribution < 1.29 is 19.0 Å². The van der Waals surface area contributed by atoms with Gasteiger partial charge in [-0.05, 0) is 29.3 Å². The molecule has 0 unspecified atom stereocenters. The minimum absolute atomic E-state index is 0.123. The van der Waals surface area contributed by atoms with Gasteiger partial charge in [-0.3, -0.25) is 0 Å². The first kappa shape index (κ1) is 21.2. The zero-order valence-electron chi connectivity index (χ0n) is 17.5. The predicted octanol–water partition coefficient (Wildman–Crippen LogP) is 3.08. The molecule has 0 aromatic heterocycles. The van der Waals surface area contributed by atoms with E-state index >= 15 is 0 Å². The summed E-state index contributed by atoms with van der Waals surface area (Å²) in [5.41, 5.74) is 0. The van der Waals surface area contributed by atoms with Crippen LogP contribution in [0.4, 0.5) is 0 Å². The van der Waals surface area contributed by atoms with Crippen LogP contribution in [0.3, 0.4) is 0 Å². The van der Waals surface area contributed by atoms with Crippen molar-refractivity contribution in [2.45, 2.75) is 57.7 Å². The lowest BCUT2D eigenvalue weighted by atomic mass is 10.2. The van der Waals surface area contributed by atoms with Gasteiger partial charge in [-0.2, -0.15) is 0 Å². The fourth-order valence-corrected chi connectivity index (χ4v) is 8.56. The molecule has 152 valence electrons. The summed E-state index contributed by atoms with van der Waals surface area (Å²) in [5, 5.41) is 13.1. The molecule has 0 spiro atoms. The molecule has 0 saturated carbocycles. The molecule has 0 amide bonds. The van der Waals surface area contributed by atoms with Crippen molar-refractivity contribution in [1.82, 2.24) is 0 Å². The zero-order valence-corrected chi connectivity index (χ0v) is 18.5. The number of aliphatic hydroxyl groups excluding tert-OH is 1. The SMILES string of the molecule is CC1(C)OC[C@@H]([C@H](O)CO[Si](c2ccccc2)(c2ccccc2)C(C)(C)C)O1. The van der Waals surface area contributed by atoms with E-state index in [4.69, 9.17) is 13.9 Å². The molecule has 1 aliphatic rings. The van der Waals surface area contributed by atoms with Gasteiger partial charge < -0.3 is 19.0 Å². The molecular formula is C23H32O4Si. The molecule has 5 heteroatoms. The topological polar surface area (TPSA) is 47.9 Å². The first-order valence-corrected chi connectivity index (χ1v) is 11.8. The molecule has 2 aromatic rings. The molecule has 28 heavy (non-hydrogen) atoms. The lowest BCUT2D eigenvalue weighted by Crippen LogP contribution is -2.67. The largest absolute Gasteiger partial charge is 0.405 e. The standard InChI is InChI=1S/C23H32O4Si/c1-22(2,3)28(18-12-8-6-9-13-18,19-14-10-7-11-15-19)26-16-20(24)21-17-25-23(4,5)27-21/h6-15,20-21,24H,16-17H2,1-5H3/t20-,21+/m1/s1. The van der Waals surface area contributed by atoms with Gasteiger partial charge in [0.1, 0.15) is 12.2 Å². The van der Waals surface area contributed by atoms with Gasteiger partial charge in [-0.15, -0.1) is 0 Å². The van der Waals surface area contributed by atoms with Crippen LogP contribution in [0.1, 0.15) is 34.6 Å². The third-order valence-corrected chi connectivity index (χ3v) is 10.4. The predicted molar refractivity (Wildman–Crippen MR) is 114 cm³/mol. The van der Waals surface area contributed by atoms with Crippen molar-refractivity contribution in [2.24, 2.45) is 0 Å². The Labute approximate surface area is 169 Å². The summed E-state index contributed by atoms with van der Waals surface area (Å²) in [5.74, 6) is -0.664. The quantitative estimate of drug-likeness (QED) is 0.757. The van der Waals surface area contributed by atoms with Gasteiger partial charge in [0.25, 0.3) is 8.32 Å². The molecule has 0 aliphatic carbocycles. The van der Waals surface area contributed by atoms with Crippen molar-refractivity contribution >= 4 is 18.7 Å². The van der Waals surface area contributed by atoms with Crippen molar-refractivity contribution in [3.05, 3.63) is 60.7 Å². The van der Waals surface area contributed by atoms with Crippen molar-refractivity contribution in [1.29, 1.82) is 0 Å². The molecule has 0 radical (unpaired) electrons. The fourth-order valence-electron chi connectivity index (χ4n) is 3.98. The summed E-state index contributed by atoms with van der Waals surface area (Å²) in [6.45, 7) is 11.0. The lowest BCUT2D eigenvalue weighted by Gasteiger charge is -2.43. The van der Waals surface area contributed by atoms with Gasteiger partial charge in [-0.25, -0.2) is 0 Å². The second-order valence-electron chi connectivity index (χ2n) is 8.91. The highest BCUT2D eigenvalue weighted by molar-refractivity contribution is 6.99. The van der Waals surface area contributed by atoms with Crippen LogP contribution in [-0.4, -0.2) is 44.6 Å². The normalized spacial score (nSPS) is 20.9. The minimum atomic E-state index is -2.66. The highest BCUT2D eigenvalue weighted by Gasteiger charge is 2.51. The van der Waals surface area contributed by atoms with Gasteiger partial charge in [0, 0.05) is 0 Å². The average molecular weight is 401 g/mol. The van der Waals surface area contributed by atoms with Crippen molar-refractivity contribution in [3.8, 4) is 0 Å². The molecule has 1 N–H and O–H groups in total. The summed E-state index contributed by atoms with van der Waals surface area (Å²) in [6, 6.07) is 20.9. The smallest absolute Gasteiger partial charge is 0.261 e. The van der Waals surface area contributed by atoms with Gasteiger partial charge in [-0.1, -0.05) is 81.4 Å². The number of rotatable bonds is 6. The van der Waals surface area contributed by atoms with E-state index in [0.29, 0.717) is 6.61 Å². The van der Waals surface area contributed by atoms with Gasteiger partial charge in [0.05, 0.1) is 13.2 Å². The highest BCUT2D eigenvalue weighted by Crippen LogP contribution is 2.37. The zero-order chi connectivity index (χ0) is 20.4. The molecule has 1 fully saturated rings. The Bertz CT molecular complexity index is 716. The Kier molecular flexibility index (Phi) is 6.13. The van der Waals surface area contributed by atoms with Crippen LogP contribution in [0.15, 0.2) is 60.7 Å². The molecule has 0 bridgehead atoms. The molecule has 1 saturated heterocycles. The Morgan fingerprint density at radius 1 is 1.04 bits per heavy atom. The summed E-state index contributed by atoms with van der Waals surface area (Å²) < 4.78 is 18.2.